The Balaban J connectivity index is 2.00. The molecule has 0 aliphatic rings. The van der Waals surface area contributed by atoms with Crippen molar-refractivity contribution in [2.24, 2.45) is 0 Å². The molecule has 3 aromatic rings. The summed E-state index contributed by atoms with van der Waals surface area (Å²) in [4.78, 5) is 16.8. The van der Waals surface area contributed by atoms with Crippen LogP contribution in [0, 0.1) is 0 Å². The molecule has 0 N–H and O–H groups in total. The topological polar surface area (TPSA) is 34.4 Å². The van der Waals surface area contributed by atoms with Crippen LogP contribution < -0.4 is 0 Å². The predicted octanol–water partition coefficient (Wildman–Crippen LogP) is 3.32. The Morgan fingerprint density at radius 1 is 1.11 bits per heavy atom. The second kappa shape index (κ2) is 4.69. The van der Waals surface area contributed by atoms with E-state index in [1.54, 1.807) is 6.20 Å². The highest BCUT2D eigenvalue weighted by molar-refractivity contribution is 5.99. The van der Waals surface area contributed by atoms with Crippen LogP contribution in [0.5, 0.6) is 0 Å². The van der Waals surface area contributed by atoms with Crippen molar-refractivity contribution < 1.29 is 4.79 Å². The lowest BCUT2D eigenvalue weighted by Gasteiger charge is -2.10. The van der Waals surface area contributed by atoms with Crippen LogP contribution in [0.15, 0.2) is 60.9 Å². The van der Waals surface area contributed by atoms with E-state index in [-0.39, 0.29) is 11.7 Å². The fourth-order valence-corrected chi connectivity index (χ4v) is 2.23. The molecule has 0 saturated carbocycles. The van der Waals surface area contributed by atoms with Crippen LogP contribution in [0.25, 0.3) is 5.65 Å². The Morgan fingerprint density at radius 2 is 1.84 bits per heavy atom. The number of imidazole rings is 1. The fourth-order valence-electron chi connectivity index (χ4n) is 2.23. The molecule has 0 saturated heterocycles. The zero-order valence-electron chi connectivity index (χ0n) is 10.7. The maximum absolute atomic E-state index is 12.6. The first-order valence-electron chi connectivity index (χ1n) is 6.28. The number of carbonyl (C=O) groups excluding carboxylic acids is 1. The van der Waals surface area contributed by atoms with E-state index in [0.717, 1.165) is 11.2 Å². The lowest BCUT2D eigenvalue weighted by molar-refractivity contribution is 0.0960. The normalized spacial score (nSPS) is 12.5. The lowest BCUT2D eigenvalue weighted by Crippen LogP contribution is -2.11. The molecule has 2 aromatic heterocycles. The third kappa shape index (κ3) is 2.03. The number of hydrogen-bond acceptors (Lipinski definition) is 2. The summed E-state index contributed by atoms with van der Waals surface area (Å²) in [6, 6.07) is 15.5. The molecule has 0 spiro atoms. The van der Waals surface area contributed by atoms with Crippen molar-refractivity contribution in [3.05, 3.63) is 72.2 Å². The highest BCUT2D eigenvalue weighted by Crippen LogP contribution is 2.20. The van der Waals surface area contributed by atoms with Gasteiger partial charge in [0.25, 0.3) is 0 Å². The maximum Gasteiger partial charge on any atom is 0.188 e. The average Bonchev–Trinajstić information content (AvgIpc) is 2.90. The van der Waals surface area contributed by atoms with Crippen LogP contribution >= 0.6 is 0 Å². The van der Waals surface area contributed by atoms with Crippen LogP contribution in [0.3, 0.4) is 0 Å². The van der Waals surface area contributed by atoms with Crippen molar-refractivity contribution in [3.63, 3.8) is 0 Å². The van der Waals surface area contributed by atoms with Gasteiger partial charge in [-0.05, 0) is 17.7 Å². The van der Waals surface area contributed by atoms with Gasteiger partial charge in [0.1, 0.15) is 11.3 Å². The van der Waals surface area contributed by atoms with Crippen molar-refractivity contribution in [2.75, 3.05) is 0 Å². The summed E-state index contributed by atoms with van der Waals surface area (Å²) in [5.41, 5.74) is 2.46. The first kappa shape index (κ1) is 11.7. The SMILES string of the molecule is CC(C(=O)c1cnc2ccccn12)c1ccccc1. The van der Waals surface area contributed by atoms with Gasteiger partial charge >= 0.3 is 0 Å². The second-order valence-electron chi connectivity index (χ2n) is 4.57. The molecule has 1 aromatic carbocycles. The molecule has 0 aliphatic carbocycles. The number of nitrogens with zero attached hydrogens (tertiary/aromatic N) is 2. The van der Waals surface area contributed by atoms with Gasteiger partial charge in [-0.2, -0.15) is 0 Å². The van der Waals surface area contributed by atoms with Gasteiger partial charge in [0, 0.05) is 12.1 Å². The smallest absolute Gasteiger partial charge is 0.188 e. The Kier molecular flexibility index (Phi) is 2.88. The molecule has 0 bridgehead atoms. The van der Waals surface area contributed by atoms with Crippen molar-refractivity contribution >= 4 is 11.4 Å². The first-order chi connectivity index (χ1) is 9.27. The molecular weight excluding hydrogens is 236 g/mol. The van der Waals surface area contributed by atoms with E-state index in [0.29, 0.717) is 5.69 Å². The Bertz CT molecular complexity index is 716. The monoisotopic (exact) mass is 250 g/mol. The minimum Gasteiger partial charge on any atom is -0.297 e. The summed E-state index contributed by atoms with van der Waals surface area (Å²) in [5.74, 6) is -0.0776. The third-order valence-corrected chi connectivity index (χ3v) is 3.36. The Hall–Kier alpha value is -2.42. The molecule has 1 unspecified atom stereocenters. The molecule has 94 valence electrons. The minimum absolute atomic E-state index is 0.0879. The number of pyridine rings is 1. The molecule has 0 radical (unpaired) electrons. The second-order valence-corrected chi connectivity index (χ2v) is 4.57. The zero-order chi connectivity index (χ0) is 13.2. The Morgan fingerprint density at radius 3 is 2.63 bits per heavy atom. The third-order valence-electron chi connectivity index (χ3n) is 3.36. The van der Waals surface area contributed by atoms with E-state index in [9.17, 15) is 4.79 Å². The molecule has 0 amide bonds. The van der Waals surface area contributed by atoms with Crippen LogP contribution in [0.1, 0.15) is 28.9 Å². The molecule has 2 heterocycles. The number of carbonyl (C=O) groups is 1. The molecule has 1 atom stereocenters. The van der Waals surface area contributed by atoms with E-state index < -0.39 is 0 Å². The van der Waals surface area contributed by atoms with Crippen molar-refractivity contribution in [1.82, 2.24) is 9.38 Å². The van der Waals surface area contributed by atoms with Crippen molar-refractivity contribution in [2.45, 2.75) is 12.8 Å². The number of hydrogen-bond donors (Lipinski definition) is 0. The molecule has 3 rings (SSSR count). The number of ketones is 1. The summed E-state index contributed by atoms with van der Waals surface area (Å²) in [7, 11) is 0. The van der Waals surface area contributed by atoms with Gasteiger partial charge in [-0.1, -0.05) is 43.3 Å². The van der Waals surface area contributed by atoms with Crippen LogP contribution in [0.2, 0.25) is 0 Å². The molecule has 0 aliphatic heterocycles. The zero-order valence-corrected chi connectivity index (χ0v) is 10.7. The predicted molar refractivity (Wildman–Crippen MR) is 74.4 cm³/mol. The van der Waals surface area contributed by atoms with E-state index in [1.165, 1.54) is 0 Å². The summed E-state index contributed by atoms with van der Waals surface area (Å²) < 4.78 is 1.84. The van der Waals surface area contributed by atoms with Gasteiger partial charge in [-0.25, -0.2) is 4.98 Å². The van der Waals surface area contributed by atoms with Crippen LogP contribution in [-0.2, 0) is 0 Å². The van der Waals surface area contributed by atoms with Crippen LogP contribution in [0.4, 0.5) is 0 Å². The first-order valence-corrected chi connectivity index (χ1v) is 6.28. The maximum atomic E-state index is 12.6. The largest absolute Gasteiger partial charge is 0.297 e. The Labute approximate surface area is 111 Å². The highest BCUT2D eigenvalue weighted by atomic mass is 16.1. The lowest BCUT2D eigenvalue weighted by atomic mass is 9.95. The summed E-state index contributed by atoms with van der Waals surface area (Å²) in [5, 5.41) is 0. The van der Waals surface area contributed by atoms with Gasteiger partial charge in [-0.15, -0.1) is 0 Å². The molecule has 3 heteroatoms. The minimum atomic E-state index is -0.165. The van der Waals surface area contributed by atoms with Gasteiger partial charge < -0.3 is 0 Å². The van der Waals surface area contributed by atoms with E-state index in [4.69, 9.17) is 0 Å². The number of Topliss-reactive ketones (excluding diaryl/α,β-unsaturated/α-hetero) is 1. The number of rotatable bonds is 3. The molecular formula is C16H14N2O. The summed E-state index contributed by atoms with van der Waals surface area (Å²) >= 11 is 0. The molecule has 3 nitrogen and oxygen atoms in total. The standard InChI is InChI=1S/C16H14N2O/c1-12(13-7-3-2-4-8-13)16(19)14-11-17-15-9-5-6-10-18(14)15/h2-12H,1H3. The summed E-state index contributed by atoms with van der Waals surface area (Å²) in [6.07, 6.45) is 3.52. The van der Waals surface area contributed by atoms with Gasteiger partial charge in [-0.3, -0.25) is 9.20 Å². The molecule has 0 fully saturated rings. The van der Waals surface area contributed by atoms with Crippen molar-refractivity contribution in [1.29, 1.82) is 0 Å². The highest BCUT2D eigenvalue weighted by Gasteiger charge is 2.20. The van der Waals surface area contributed by atoms with Gasteiger partial charge in [0.2, 0.25) is 0 Å². The number of fused-ring (bicyclic) bond motifs is 1. The number of benzene rings is 1. The van der Waals surface area contributed by atoms with Gasteiger partial charge in [0.15, 0.2) is 5.78 Å². The molecule has 19 heavy (non-hydrogen) atoms. The van der Waals surface area contributed by atoms with Gasteiger partial charge in [0.05, 0.1) is 6.20 Å². The fraction of sp³-hybridized carbons (Fsp3) is 0.125. The quantitative estimate of drug-likeness (QED) is 0.668. The summed E-state index contributed by atoms with van der Waals surface area (Å²) in [6.45, 7) is 1.93. The van der Waals surface area contributed by atoms with E-state index >= 15 is 0 Å². The number of aromatic nitrogens is 2. The van der Waals surface area contributed by atoms with E-state index in [1.807, 2.05) is 66.1 Å². The van der Waals surface area contributed by atoms with Crippen LogP contribution in [-0.4, -0.2) is 15.2 Å². The van der Waals surface area contributed by atoms with E-state index in [2.05, 4.69) is 4.98 Å². The van der Waals surface area contributed by atoms with Crippen molar-refractivity contribution in [3.8, 4) is 0 Å². The average molecular weight is 250 g/mol.